The number of hydrogen-bond acceptors (Lipinski definition) is 3. The van der Waals surface area contributed by atoms with Crippen LogP contribution < -0.4 is 10.6 Å². The van der Waals surface area contributed by atoms with Gasteiger partial charge in [0.05, 0.1) is 6.54 Å². The molecular formula is C10H12N2O. The van der Waals surface area contributed by atoms with E-state index in [9.17, 15) is 4.79 Å². The van der Waals surface area contributed by atoms with Crippen LogP contribution in [0.5, 0.6) is 0 Å². The molecule has 0 aromatic heterocycles. The molecule has 3 nitrogen and oxygen atoms in total. The van der Waals surface area contributed by atoms with E-state index in [2.05, 4.69) is 4.90 Å². The number of rotatable bonds is 2. The molecule has 0 bridgehead atoms. The Morgan fingerprint density at radius 1 is 1.54 bits per heavy atom. The number of nitrogen functional groups attached to an aromatic ring is 1. The third-order valence-corrected chi connectivity index (χ3v) is 2.39. The van der Waals surface area contributed by atoms with Gasteiger partial charge in [-0.2, -0.15) is 0 Å². The molecule has 2 rings (SSSR count). The minimum Gasteiger partial charge on any atom is -0.399 e. The zero-order valence-corrected chi connectivity index (χ0v) is 7.36. The second-order valence-corrected chi connectivity index (χ2v) is 3.25. The topological polar surface area (TPSA) is 46.3 Å². The number of nitrogens with two attached hydrogens (primary N) is 1. The standard InChI is InChI=1S/C10H12N2O/c11-9-1-2-10-8(7-9)3-4-12(10)5-6-13/h1-2,6-7H,3-5,11H2. The fourth-order valence-electron chi connectivity index (χ4n) is 1.77. The highest BCUT2D eigenvalue weighted by molar-refractivity contribution is 5.68. The van der Waals surface area contributed by atoms with Crippen LogP contribution in [0.3, 0.4) is 0 Å². The smallest absolute Gasteiger partial charge is 0.139 e. The van der Waals surface area contributed by atoms with Gasteiger partial charge in [-0.1, -0.05) is 0 Å². The molecule has 0 saturated carbocycles. The minimum atomic E-state index is 0.483. The average molecular weight is 176 g/mol. The largest absolute Gasteiger partial charge is 0.399 e. The second kappa shape index (κ2) is 3.09. The summed E-state index contributed by atoms with van der Waals surface area (Å²) in [5.41, 5.74) is 8.87. The Morgan fingerprint density at radius 2 is 2.38 bits per heavy atom. The van der Waals surface area contributed by atoms with Crippen molar-refractivity contribution in [3.8, 4) is 0 Å². The first-order valence-corrected chi connectivity index (χ1v) is 4.38. The molecule has 1 aromatic rings. The molecule has 0 radical (unpaired) electrons. The Labute approximate surface area is 77.1 Å². The molecule has 0 atom stereocenters. The molecule has 3 heteroatoms. The van der Waals surface area contributed by atoms with Crippen LogP contribution in [0.2, 0.25) is 0 Å². The number of hydrogen-bond donors (Lipinski definition) is 1. The van der Waals surface area contributed by atoms with E-state index in [1.807, 2.05) is 18.2 Å². The van der Waals surface area contributed by atoms with E-state index in [4.69, 9.17) is 5.73 Å². The maximum Gasteiger partial charge on any atom is 0.139 e. The van der Waals surface area contributed by atoms with Crippen molar-refractivity contribution in [1.82, 2.24) is 0 Å². The summed E-state index contributed by atoms with van der Waals surface area (Å²) in [6.07, 6.45) is 1.93. The summed E-state index contributed by atoms with van der Waals surface area (Å²) in [5, 5.41) is 0. The molecule has 2 N–H and O–H groups in total. The SMILES string of the molecule is Nc1ccc2c(c1)CCN2CC=O. The lowest BCUT2D eigenvalue weighted by Gasteiger charge is -2.15. The second-order valence-electron chi connectivity index (χ2n) is 3.25. The molecule has 68 valence electrons. The summed E-state index contributed by atoms with van der Waals surface area (Å²) in [7, 11) is 0. The monoisotopic (exact) mass is 176 g/mol. The third kappa shape index (κ3) is 1.37. The van der Waals surface area contributed by atoms with E-state index in [0.717, 1.165) is 30.6 Å². The number of carbonyl (C=O) groups is 1. The lowest BCUT2D eigenvalue weighted by Crippen LogP contribution is -2.22. The van der Waals surface area contributed by atoms with Gasteiger partial charge in [-0.15, -0.1) is 0 Å². The first kappa shape index (κ1) is 8.10. The van der Waals surface area contributed by atoms with Gasteiger partial charge in [0.15, 0.2) is 0 Å². The van der Waals surface area contributed by atoms with Gasteiger partial charge in [0.2, 0.25) is 0 Å². The van der Waals surface area contributed by atoms with Crippen LogP contribution in [0.1, 0.15) is 5.56 Å². The number of benzene rings is 1. The van der Waals surface area contributed by atoms with E-state index in [1.54, 1.807) is 0 Å². The summed E-state index contributed by atoms with van der Waals surface area (Å²) >= 11 is 0. The van der Waals surface area contributed by atoms with Gasteiger partial charge in [-0.3, -0.25) is 0 Å². The van der Waals surface area contributed by atoms with Gasteiger partial charge in [0.1, 0.15) is 6.29 Å². The Kier molecular flexibility index (Phi) is 1.93. The molecule has 0 fully saturated rings. The number of carbonyl (C=O) groups excluding carboxylic acids is 1. The maximum atomic E-state index is 10.4. The quantitative estimate of drug-likeness (QED) is 0.536. The highest BCUT2D eigenvalue weighted by Crippen LogP contribution is 2.28. The zero-order valence-electron chi connectivity index (χ0n) is 7.36. The van der Waals surface area contributed by atoms with Crippen LogP contribution in [-0.4, -0.2) is 19.4 Å². The zero-order chi connectivity index (χ0) is 9.26. The predicted molar refractivity (Wildman–Crippen MR) is 52.8 cm³/mol. The van der Waals surface area contributed by atoms with Crippen LogP contribution in [0, 0.1) is 0 Å². The fraction of sp³-hybridized carbons (Fsp3) is 0.300. The van der Waals surface area contributed by atoms with Crippen LogP contribution >= 0.6 is 0 Å². The first-order valence-electron chi connectivity index (χ1n) is 4.38. The highest BCUT2D eigenvalue weighted by atomic mass is 16.1. The van der Waals surface area contributed by atoms with Crippen LogP contribution in [0.4, 0.5) is 11.4 Å². The summed E-state index contributed by atoms with van der Waals surface area (Å²) in [5.74, 6) is 0. The van der Waals surface area contributed by atoms with E-state index in [1.165, 1.54) is 5.56 Å². The van der Waals surface area contributed by atoms with Gasteiger partial charge < -0.3 is 15.4 Å². The van der Waals surface area contributed by atoms with Crippen molar-refractivity contribution in [3.05, 3.63) is 23.8 Å². The van der Waals surface area contributed by atoms with E-state index >= 15 is 0 Å². The van der Waals surface area contributed by atoms with Crippen LogP contribution in [-0.2, 0) is 11.2 Å². The Hall–Kier alpha value is -1.51. The number of fused-ring (bicyclic) bond motifs is 1. The van der Waals surface area contributed by atoms with Crippen molar-refractivity contribution in [2.24, 2.45) is 0 Å². The summed E-state index contributed by atoms with van der Waals surface area (Å²) in [6.45, 7) is 1.41. The van der Waals surface area contributed by atoms with Crippen molar-refractivity contribution < 1.29 is 4.79 Å². The molecule has 1 aliphatic heterocycles. The molecule has 0 aliphatic carbocycles. The molecule has 0 unspecified atom stereocenters. The maximum absolute atomic E-state index is 10.4. The van der Waals surface area contributed by atoms with Crippen molar-refractivity contribution in [2.75, 3.05) is 23.7 Å². The predicted octanol–water partition coefficient (Wildman–Crippen LogP) is 0.830. The lowest BCUT2D eigenvalue weighted by atomic mass is 10.1. The fourth-order valence-corrected chi connectivity index (χ4v) is 1.77. The Morgan fingerprint density at radius 3 is 3.15 bits per heavy atom. The number of nitrogens with zero attached hydrogens (tertiary/aromatic N) is 1. The summed E-state index contributed by atoms with van der Waals surface area (Å²) in [4.78, 5) is 12.4. The number of anilines is 2. The van der Waals surface area contributed by atoms with Gasteiger partial charge >= 0.3 is 0 Å². The van der Waals surface area contributed by atoms with Gasteiger partial charge in [0, 0.05) is 17.9 Å². The molecule has 0 spiro atoms. The lowest BCUT2D eigenvalue weighted by molar-refractivity contribution is -0.106. The average Bonchev–Trinajstić information content (AvgIpc) is 2.49. The van der Waals surface area contributed by atoms with Crippen molar-refractivity contribution >= 4 is 17.7 Å². The number of aldehydes is 1. The molecule has 0 amide bonds. The molecule has 13 heavy (non-hydrogen) atoms. The van der Waals surface area contributed by atoms with E-state index in [0.29, 0.717) is 6.54 Å². The molecule has 1 heterocycles. The van der Waals surface area contributed by atoms with Gasteiger partial charge in [0.25, 0.3) is 0 Å². The van der Waals surface area contributed by atoms with Gasteiger partial charge in [-0.05, 0) is 30.2 Å². The Balaban J connectivity index is 2.32. The third-order valence-electron chi connectivity index (χ3n) is 2.39. The van der Waals surface area contributed by atoms with Crippen molar-refractivity contribution in [2.45, 2.75) is 6.42 Å². The van der Waals surface area contributed by atoms with Gasteiger partial charge in [-0.25, -0.2) is 0 Å². The molecule has 0 saturated heterocycles. The molecule has 1 aliphatic rings. The summed E-state index contributed by atoms with van der Waals surface area (Å²) < 4.78 is 0. The van der Waals surface area contributed by atoms with E-state index in [-0.39, 0.29) is 0 Å². The highest BCUT2D eigenvalue weighted by Gasteiger charge is 2.17. The molecular weight excluding hydrogens is 164 g/mol. The first-order chi connectivity index (χ1) is 6.31. The van der Waals surface area contributed by atoms with Crippen LogP contribution in [0.15, 0.2) is 18.2 Å². The van der Waals surface area contributed by atoms with E-state index < -0.39 is 0 Å². The van der Waals surface area contributed by atoms with Crippen molar-refractivity contribution in [1.29, 1.82) is 0 Å². The Bertz CT molecular complexity index is 336. The van der Waals surface area contributed by atoms with Crippen molar-refractivity contribution in [3.63, 3.8) is 0 Å². The normalized spacial score (nSPS) is 14.3. The minimum absolute atomic E-state index is 0.483. The summed E-state index contributed by atoms with van der Waals surface area (Å²) in [6, 6.07) is 5.85. The molecule has 1 aromatic carbocycles. The van der Waals surface area contributed by atoms with Crippen LogP contribution in [0.25, 0.3) is 0 Å².